The Morgan fingerprint density at radius 2 is 1.33 bits per heavy atom. The van der Waals surface area contributed by atoms with Gasteiger partial charge in [0.1, 0.15) is 5.78 Å². The lowest BCUT2D eigenvalue weighted by Gasteiger charge is -2.40. The fourth-order valence-corrected chi connectivity index (χ4v) is 11.0. The number of carbonyl (C=O) groups excluding carboxylic acids is 12. The number of hydrogen-bond acceptors (Lipinski definition) is 17. The minimum atomic E-state index is -1.48. The van der Waals surface area contributed by atoms with Gasteiger partial charge in [0.05, 0.1) is 50.7 Å². The topological polar surface area (TPSA) is 332 Å². The number of urea groups is 1. The Morgan fingerprint density at radius 3 is 1.88 bits per heavy atom. The highest BCUT2D eigenvalue weighted by Crippen LogP contribution is 2.30. The van der Waals surface area contributed by atoms with Gasteiger partial charge in [-0.1, -0.05) is 73.9 Å². The van der Waals surface area contributed by atoms with Crippen LogP contribution in [-0.2, 0) is 66.9 Å². The predicted molar refractivity (Wildman–Crippen MR) is 331 cm³/mol. The lowest BCUT2D eigenvalue weighted by molar-refractivity contribution is -0.146. The first-order chi connectivity index (χ1) is 42.0. The third-order valence-electron chi connectivity index (χ3n) is 16.5. The van der Waals surface area contributed by atoms with Crippen molar-refractivity contribution in [2.75, 3.05) is 106 Å². The molecule has 1 unspecified atom stereocenters. The third kappa shape index (κ3) is 25.1. The molecule has 2 saturated heterocycles. The van der Waals surface area contributed by atoms with Crippen LogP contribution in [0.25, 0.3) is 0 Å². The molecule has 1 aromatic rings. The number of carbonyl (C=O) groups is 12. The second kappa shape index (κ2) is 38.6. The molecule has 3 rings (SSSR count). The number of nitrogens with two attached hydrogens (primary N) is 1. The summed E-state index contributed by atoms with van der Waals surface area (Å²) in [6.45, 7) is 19.0. The standard InChI is InChI=1S/C63H102N10O16/c1-14-42(8)57(50(86-13)36-43(9)74)70(11)60(82)47(39(2)3)38-49(76)56(41(6)7)71(12)63(85)89-58(61(83)72-30-28-69(10)29-31-72)44-17-19-46(20-18-44)67-59(81)45(16-15-25-66-62(64)84)37-48(75)55(40(4)5)68-52(78)24-32-87-34-35-88-33-26-65-51(77)23-27-73-53(79)21-22-54(73)80/h17-20,39-42,45,47,50,55-58H,14-16,21-38H2,1-13H3,(H,65,77)(H,67,81)(H,68,78)(H3,64,66,84)/t42-,45+,47-,50+,55-,56-,57-,58?/m0/s1. The fraction of sp³-hybridized carbons (Fsp3) is 0.714. The number of rotatable bonds is 40. The monoisotopic (exact) mass is 1250 g/mol. The van der Waals surface area contributed by atoms with Crippen LogP contribution in [0, 0.1) is 35.5 Å². The minimum absolute atomic E-state index is 0.00796. The number of benzene rings is 1. The van der Waals surface area contributed by atoms with Gasteiger partial charge in [-0.25, -0.2) is 9.59 Å². The molecule has 2 aliphatic rings. The number of amides is 10. The Morgan fingerprint density at radius 1 is 0.708 bits per heavy atom. The average molecular weight is 1260 g/mol. The SMILES string of the molecule is CC[C@H](C)[C@@H]([C@@H](CC(C)=O)OC)N(C)C(=O)[C@@H](CC(=O)[C@H](C(C)C)N(C)C(=O)OC(C(=O)N1CCN(C)CC1)c1ccc(NC(=O)[C@H](CCCNC(N)=O)CC(=O)[C@@H](NC(=O)CCOCCOCCNC(=O)CCN2C(=O)CCC2=O)C(C)C)cc1)C(C)C. The number of ketones is 3. The molecule has 0 bridgehead atoms. The first-order valence-corrected chi connectivity index (χ1v) is 31.3. The van der Waals surface area contributed by atoms with Crippen molar-refractivity contribution in [3.63, 3.8) is 0 Å². The van der Waals surface area contributed by atoms with E-state index < -0.39 is 83.7 Å². The molecule has 2 fully saturated rings. The second-order valence-corrected chi connectivity index (χ2v) is 24.4. The summed E-state index contributed by atoms with van der Waals surface area (Å²) < 4.78 is 22.9. The smallest absolute Gasteiger partial charge is 0.411 e. The van der Waals surface area contributed by atoms with E-state index in [1.165, 1.54) is 50.2 Å². The van der Waals surface area contributed by atoms with Gasteiger partial charge in [-0.3, -0.25) is 52.8 Å². The summed E-state index contributed by atoms with van der Waals surface area (Å²) in [6.07, 6.45) is -2.01. The van der Waals surface area contributed by atoms with Crippen molar-refractivity contribution in [3.8, 4) is 0 Å². The van der Waals surface area contributed by atoms with E-state index in [0.29, 0.717) is 32.6 Å². The van der Waals surface area contributed by atoms with Crippen LogP contribution in [0.4, 0.5) is 15.3 Å². The molecule has 8 atom stereocenters. The number of imide groups is 1. The highest BCUT2D eigenvalue weighted by Gasteiger charge is 2.41. The molecule has 0 saturated carbocycles. The Hall–Kier alpha value is -6.90. The van der Waals surface area contributed by atoms with Crippen LogP contribution in [0.1, 0.15) is 138 Å². The number of primary amides is 1. The number of anilines is 1. The molecule has 2 heterocycles. The van der Waals surface area contributed by atoms with Crippen LogP contribution >= 0.6 is 0 Å². The summed E-state index contributed by atoms with van der Waals surface area (Å²) >= 11 is 0. The summed E-state index contributed by atoms with van der Waals surface area (Å²) in [5.41, 5.74) is 5.84. The van der Waals surface area contributed by atoms with Crippen LogP contribution in [-0.4, -0.2) is 220 Å². The fourth-order valence-electron chi connectivity index (χ4n) is 11.0. The highest BCUT2D eigenvalue weighted by atomic mass is 16.6. The highest BCUT2D eigenvalue weighted by molar-refractivity contribution is 6.02. The quantitative estimate of drug-likeness (QED) is 0.0460. The zero-order valence-corrected chi connectivity index (χ0v) is 54.9. The summed E-state index contributed by atoms with van der Waals surface area (Å²) in [7, 11) is 6.54. The second-order valence-electron chi connectivity index (χ2n) is 24.4. The Bertz CT molecular complexity index is 2520. The molecule has 0 spiro atoms. The molecule has 6 N–H and O–H groups in total. The average Bonchev–Trinajstić information content (AvgIpc) is 4.01. The molecule has 0 aliphatic carbocycles. The van der Waals surface area contributed by atoms with Crippen LogP contribution in [0.2, 0.25) is 0 Å². The molecule has 2 aliphatic heterocycles. The first-order valence-electron chi connectivity index (χ1n) is 31.3. The maximum atomic E-state index is 14.5. The Kier molecular flexibility index (Phi) is 33.1. The zero-order valence-electron chi connectivity index (χ0n) is 54.9. The molecule has 1 aromatic carbocycles. The molecule has 10 amide bonds. The number of piperazine rings is 1. The van der Waals surface area contributed by atoms with Gasteiger partial charge in [-0.2, -0.15) is 0 Å². The number of nitrogens with one attached hydrogen (secondary N) is 4. The van der Waals surface area contributed by atoms with Crippen LogP contribution in [0.3, 0.4) is 0 Å². The predicted octanol–water partition coefficient (Wildman–Crippen LogP) is 3.88. The number of Topliss-reactive ketones (excluding diaryl/α,β-unsaturated/α-hetero) is 3. The van der Waals surface area contributed by atoms with E-state index in [-0.39, 0.29) is 168 Å². The molecular formula is C63H102N10O16. The molecule has 26 heteroatoms. The molecule has 26 nitrogen and oxygen atoms in total. The molecule has 0 radical (unpaired) electrons. The van der Waals surface area contributed by atoms with Crippen molar-refractivity contribution in [2.45, 2.75) is 157 Å². The maximum Gasteiger partial charge on any atom is 0.411 e. The minimum Gasteiger partial charge on any atom is -0.431 e. The summed E-state index contributed by atoms with van der Waals surface area (Å²) in [5, 5.41) is 10.8. The number of hydrogen-bond donors (Lipinski definition) is 5. The summed E-state index contributed by atoms with van der Waals surface area (Å²) in [5.74, 6) is -6.39. The largest absolute Gasteiger partial charge is 0.431 e. The van der Waals surface area contributed by atoms with Gasteiger partial charge < -0.3 is 65.5 Å². The van der Waals surface area contributed by atoms with Crippen molar-refractivity contribution >= 4 is 76.5 Å². The van der Waals surface area contributed by atoms with Gasteiger partial charge >= 0.3 is 12.1 Å². The molecule has 89 heavy (non-hydrogen) atoms. The molecular weight excluding hydrogens is 1150 g/mol. The van der Waals surface area contributed by atoms with Gasteiger partial charge in [-0.15, -0.1) is 0 Å². The van der Waals surface area contributed by atoms with Gasteiger partial charge in [0.25, 0.3) is 5.91 Å². The van der Waals surface area contributed by atoms with E-state index in [1.54, 1.807) is 44.5 Å². The number of likely N-dealkylation sites (N-methyl/N-ethyl adjacent to an activating group) is 3. The van der Waals surface area contributed by atoms with E-state index in [1.807, 2.05) is 34.7 Å². The molecule has 500 valence electrons. The van der Waals surface area contributed by atoms with Crippen LogP contribution < -0.4 is 27.0 Å². The maximum absolute atomic E-state index is 14.5. The summed E-state index contributed by atoms with van der Waals surface area (Å²) in [4.78, 5) is 166. The van der Waals surface area contributed by atoms with Crippen molar-refractivity contribution < 1.29 is 76.5 Å². The lowest BCUT2D eigenvalue weighted by atomic mass is 9.83. The van der Waals surface area contributed by atoms with Crippen LogP contribution in [0.5, 0.6) is 0 Å². The number of methoxy groups -OCH3 is 1. The Balaban J connectivity index is 1.73. The van der Waals surface area contributed by atoms with E-state index >= 15 is 0 Å². The van der Waals surface area contributed by atoms with E-state index in [2.05, 4.69) is 26.2 Å². The third-order valence-corrected chi connectivity index (χ3v) is 16.5. The normalized spacial score (nSPS) is 16.4. The van der Waals surface area contributed by atoms with Gasteiger partial charge in [0.15, 0.2) is 11.6 Å². The van der Waals surface area contributed by atoms with Gasteiger partial charge in [-0.05, 0) is 62.6 Å². The van der Waals surface area contributed by atoms with Crippen LogP contribution in [0.15, 0.2) is 24.3 Å². The van der Waals surface area contributed by atoms with E-state index in [9.17, 15) is 57.5 Å². The zero-order chi connectivity index (χ0) is 66.7. The van der Waals surface area contributed by atoms with Crippen molar-refractivity contribution in [1.29, 1.82) is 0 Å². The number of likely N-dealkylation sites (tertiary alicyclic amines) is 1. The van der Waals surface area contributed by atoms with E-state index in [0.717, 1.165) is 4.90 Å². The van der Waals surface area contributed by atoms with Gasteiger partial charge in [0, 0.05) is 135 Å². The number of nitrogens with zero attached hydrogens (tertiary/aromatic N) is 5. The summed E-state index contributed by atoms with van der Waals surface area (Å²) in [6, 6.07) is 2.90. The molecule has 0 aromatic heterocycles. The van der Waals surface area contributed by atoms with Crippen molar-refractivity contribution in [3.05, 3.63) is 29.8 Å². The van der Waals surface area contributed by atoms with Crippen molar-refractivity contribution in [2.24, 2.45) is 41.2 Å². The lowest BCUT2D eigenvalue weighted by Crippen LogP contribution is -2.53. The van der Waals surface area contributed by atoms with Gasteiger partial charge in [0.2, 0.25) is 41.5 Å². The Labute approximate surface area is 525 Å². The number of ether oxygens (including phenoxy) is 4. The first kappa shape index (κ1) is 76.3. The van der Waals surface area contributed by atoms with E-state index in [4.69, 9.17) is 24.7 Å². The van der Waals surface area contributed by atoms with Crippen molar-refractivity contribution in [1.82, 2.24) is 40.4 Å².